The fourth-order valence-corrected chi connectivity index (χ4v) is 7.07. The molecular weight excluding hydrogens is 707 g/mol. The van der Waals surface area contributed by atoms with Crippen LogP contribution < -0.4 is 20.4 Å². The zero-order valence-electron chi connectivity index (χ0n) is 25.6. The second kappa shape index (κ2) is 15.4. The number of rotatable bonds is 11. The van der Waals surface area contributed by atoms with E-state index in [1.807, 2.05) is 22.6 Å². The molecule has 2 aliphatic rings. The predicted molar refractivity (Wildman–Crippen MR) is 179 cm³/mol. The first-order valence-corrected chi connectivity index (χ1v) is 16.6. The van der Waals surface area contributed by atoms with Crippen molar-refractivity contribution in [2.75, 3.05) is 26.8 Å². The van der Waals surface area contributed by atoms with Crippen molar-refractivity contribution < 1.29 is 38.8 Å². The maximum Gasteiger partial charge on any atom is 0.349 e. The Balaban J connectivity index is 1.56. The van der Waals surface area contributed by atoms with Crippen molar-refractivity contribution >= 4 is 45.4 Å². The van der Waals surface area contributed by atoms with Crippen LogP contribution in [0.2, 0.25) is 0 Å². The largest absolute Gasteiger partial charge is 0.493 e. The highest BCUT2D eigenvalue weighted by Crippen LogP contribution is 2.38. The fourth-order valence-electron chi connectivity index (χ4n) is 6.28. The standard InChI is InChI=1S/C34H39IN2O9/c1-44-29-14-21(19-39)13-25(35)31(29)45-28-17-23(32(41)36-11-12-38)16-26(30(28)40)37(18-20-7-3-2-4-8-20)33(42)24-15-22-9-5-6-10-27(22)46-34(24)43/h5-6,9-10,13-15,17,20,26,28,30,38-40H,2-4,7-8,11-12,16,18-19H2,1H3,(H,36,41). The molecule has 0 radical (unpaired) electrons. The lowest BCUT2D eigenvalue weighted by Crippen LogP contribution is -2.56. The first-order chi connectivity index (χ1) is 22.2. The number of aliphatic hydroxyl groups excluding tert-OH is 3. The lowest BCUT2D eigenvalue weighted by molar-refractivity contribution is -0.118. The van der Waals surface area contributed by atoms with Gasteiger partial charge in [0.15, 0.2) is 11.5 Å². The lowest BCUT2D eigenvalue weighted by atomic mass is 9.85. The van der Waals surface area contributed by atoms with Crippen LogP contribution in [0.3, 0.4) is 0 Å². The number of carbonyl (C=O) groups is 2. The quantitative estimate of drug-likeness (QED) is 0.170. The molecule has 4 N–H and O–H groups in total. The van der Waals surface area contributed by atoms with Crippen LogP contribution in [0.5, 0.6) is 11.5 Å². The number of para-hydroxylation sites is 1. The van der Waals surface area contributed by atoms with Gasteiger partial charge in [-0.3, -0.25) is 9.59 Å². The number of carbonyl (C=O) groups excluding carboxylic acids is 2. The van der Waals surface area contributed by atoms with Crippen molar-refractivity contribution in [2.45, 2.75) is 63.4 Å². The summed E-state index contributed by atoms with van der Waals surface area (Å²) in [7, 11) is 1.46. The fraction of sp³-hybridized carbons (Fsp3) is 0.441. The van der Waals surface area contributed by atoms with Gasteiger partial charge in [-0.15, -0.1) is 0 Å². The van der Waals surface area contributed by atoms with Crippen LogP contribution in [-0.4, -0.2) is 77.1 Å². The number of halogens is 1. The summed E-state index contributed by atoms with van der Waals surface area (Å²) in [6, 6.07) is 10.9. The molecule has 0 spiro atoms. The molecule has 3 aromatic rings. The molecule has 5 rings (SSSR count). The Morgan fingerprint density at radius 3 is 2.59 bits per heavy atom. The molecule has 0 bridgehead atoms. The Labute approximate surface area is 280 Å². The Morgan fingerprint density at radius 1 is 1.11 bits per heavy atom. The molecule has 0 aliphatic heterocycles. The molecule has 1 fully saturated rings. The van der Waals surface area contributed by atoms with E-state index >= 15 is 0 Å². The minimum absolute atomic E-state index is 0.00661. The molecule has 1 saturated carbocycles. The summed E-state index contributed by atoms with van der Waals surface area (Å²) in [6.45, 7) is -0.179. The first-order valence-electron chi connectivity index (χ1n) is 15.5. The Kier molecular flexibility index (Phi) is 11.4. The van der Waals surface area contributed by atoms with Crippen molar-refractivity contribution in [3.05, 3.63) is 79.2 Å². The third-order valence-corrected chi connectivity index (χ3v) is 9.45. The molecule has 3 unspecified atom stereocenters. The third kappa shape index (κ3) is 7.56. The van der Waals surface area contributed by atoms with Crippen LogP contribution in [0, 0.1) is 9.49 Å². The van der Waals surface area contributed by atoms with E-state index in [2.05, 4.69) is 5.32 Å². The maximum absolute atomic E-state index is 14.4. The van der Waals surface area contributed by atoms with E-state index in [9.17, 15) is 29.7 Å². The number of aliphatic hydroxyl groups is 3. The third-order valence-electron chi connectivity index (χ3n) is 8.65. The summed E-state index contributed by atoms with van der Waals surface area (Å²) < 4.78 is 18.0. The summed E-state index contributed by atoms with van der Waals surface area (Å²) in [6.07, 6.45) is 4.05. The van der Waals surface area contributed by atoms with Crippen LogP contribution in [-0.2, 0) is 11.4 Å². The van der Waals surface area contributed by atoms with Gasteiger partial charge in [0.05, 0.1) is 29.9 Å². The number of amides is 2. The van der Waals surface area contributed by atoms with Crippen LogP contribution in [0.4, 0.5) is 0 Å². The van der Waals surface area contributed by atoms with Gasteiger partial charge in [-0.05, 0) is 77.3 Å². The van der Waals surface area contributed by atoms with Crippen molar-refractivity contribution in [3.63, 3.8) is 0 Å². The van der Waals surface area contributed by atoms with Gasteiger partial charge in [0, 0.05) is 30.5 Å². The van der Waals surface area contributed by atoms with Crippen molar-refractivity contribution in [2.24, 2.45) is 5.92 Å². The molecule has 2 aliphatic carbocycles. The molecule has 2 aromatic carbocycles. The van der Waals surface area contributed by atoms with Crippen molar-refractivity contribution in [3.8, 4) is 11.5 Å². The van der Waals surface area contributed by atoms with E-state index in [1.165, 1.54) is 24.2 Å². The summed E-state index contributed by atoms with van der Waals surface area (Å²) in [4.78, 5) is 42.3. The van der Waals surface area contributed by atoms with Crippen LogP contribution >= 0.6 is 22.6 Å². The van der Waals surface area contributed by atoms with Crippen LogP contribution in [0.15, 0.2) is 63.3 Å². The van der Waals surface area contributed by atoms with Gasteiger partial charge < -0.3 is 39.4 Å². The topological polar surface area (TPSA) is 159 Å². The number of nitrogens with one attached hydrogen (secondary N) is 1. The van der Waals surface area contributed by atoms with Gasteiger partial charge in [-0.2, -0.15) is 0 Å². The number of methoxy groups -OCH3 is 1. The van der Waals surface area contributed by atoms with E-state index in [-0.39, 0.29) is 49.8 Å². The minimum atomic E-state index is -1.30. The maximum atomic E-state index is 14.4. The Morgan fingerprint density at radius 2 is 1.87 bits per heavy atom. The average molecular weight is 747 g/mol. The van der Waals surface area contributed by atoms with Gasteiger partial charge in [-0.25, -0.2) is 4.79 Å². The Bertz CT molecular complexity index is 1650. The number of hydrogen-bond donors (Lipinski definition) is 4. The van der Waals surface area contributed by atoms with Crippen LogP contribution in [0.1, 0.15) is 54.4 Å². The van der Waals surface area contributed by atoms with E-state index in [4.69, 9.17) is 13.9 Å². The van der Waals surface area contributed by atoms with Gasteiger partial charge in [-0.1, -0.05) is 37.5 Å². The van der Waals surface area contributed by atoms with Gasteiger partial charge in [0.1, 0.15) is 23.4 Å². The van der Waals surface area contributed by atoms with E-state index < -0.39 is 35.7 Å². The molecule has 11 nitrogen and oxygen atoms in total. The van der Waals surface area contributed by atoms with Gasteiger partial charge in [0.2, 0.25) is 5.91 Å². The van der Waals surface area contributed by atoms with Crippen molar-refractivity contribution in [1.82, 2.24) is 10.2 Å². The molecule has 2 amide bonds. The molecule has 246 valence electrons. The number of benzene rings is 2. The molecule has 12 heteroatoms. The molecule has 1 aromatic heterocycles. The van der Waals surface area contributed by atoms with Gasteiger partial charge >= 0.3 is 5.63 Å². The van der Waals surface area contributed by atoms with Gasteiger partial charge in [0.25, 0.3) is 5.91 Å². The zero-order valence-corrected chi connectivity index (χ0v) is 27.8. The molecule has 46 heavy (non-hydrogen) atoms. The average Bonchev–Trinajstić information content (AvgIpc) is 3.07. The summed E-state index contributed by atoms with van der Waals surface area (Å²) in [5.41, 5.74) is 0.289. The predicted octanol–water partition coefficient (Wildman–Crippen LogP) is 3.54. The monoisotopic (exact) mass is 746 g/mol. The van der Waals surface area contributed by atoms with E-state index in [0.717, 1.165) is 32.1 Å². The number of ether oxygens (including phenoxy) is 2. The number of nitrogens with zero attached hydrogens (tertiary/aromatic N) is 1. The van der Waals surface area contributed by atoms with E-state index in [0.29, 0.717) is 31.6 Å². The highest BCUT2D eigenvalue weighted by molar-refractivity contribution is 14.1. The smallest absolute Gasteiger partial charge is 0.349 e. The lowest BCUT2D eigenvalue weighted by Gasteiger charge is -2.42. The van der Waals surface area contributed by atoms with Crippen molar-refractivity contribution in [1.29, 1.82) is 0 Å². The highest BCUT2D eigenvalue weighted by Gasteiger charge is 2.42. The zero-order chi connectivity index (χ0) is 32.8. The van der Waals surface area contributed by atoms with Crippen LogP contribution in [0.25, 0.3) is 11.0 Å². The minimum Gasteiger partial charge on any atom is -0.493 e. The second-order valence-corrected chi connectivity index (χ2v) is 12.9. The molecule has 3 atom stereocenters. The molecule has 0 saturated heterocycles. The summed E-state index contributed by atoms with van der Waals surface area (Å²) in [5, 5.41) is 34.2. The second-order valence-electron chi connectivity index (χ2n) is 11.7. The summed E-state index contributed by atoms with van der Waals surface area (Å²) in [5.74, 6) is -0.288. The van der Waals surface area contributed by atoms with E-state index in [1.54, 1.807) is 36.4 Å². The number of hydrogen-bond acceptors (Lipinski definition) is 9. The number of fused-ring (bicyclic) bond motifs is 1. The first kappa shape index (κ1) is 33.9. The summed E-state index contributed by atoms with van der Waals surface area (Å²) >= 11 is 2.05. The Hall–Kier alpha value is -3.46. The highest BCUT2D eigenvalue weighted by atomic mass is 127. The SMILES string of the molecule is COc1cc(CO)cc(I)c1OC1C=C(C(=O)NCCO)CC(N(CC2CCCCC2)C(=O)c2cc3ccccc3oc2=O)C1O. The normalized spacial score (nSPS) is 20.2. The molecule has 1 heterocycles. The molecular formula is C34H39IN2O9.